The molecule has 0 saturated heterocycles. The zero-order chi connectivity index (χ0) is 11.3. The first-order valence-electron chi connectivity index (χ1n) is 4.15. The van der Waals surface area contributed by atoms with Crippen LogP contribution < -0.4 is 0 Å². The summed E-state index contributed by atoms with van der Waals surface area (Å²) in [4.78, 5) is 9.88. The minimum atomic E-state index is -0.555. The van der Waals surface area contributed by atoms with Crippen LogP contribution in [0.4, 0.5) is 5.69 Å². The molecule has 0 atom stereocenters. The lowest BCUT2D eigenvalue weighted by atomic mass is 10.1. The van der Waals surface area contributed by atoms with Crippen molar-refractivity contribution >= 4 is 11.8 Å². The van der Waals surface area contributed by atoms with E-state index in [-0.39, 0.29) is 17.9 Å². The number of nitro benzene ring substituents is 1. The molecular formula is C10H8N2O3. The van der Waals surface area contributed by atoms with E-state index in [1.165, 1.54) is 24.3 Å². The van der Waals surface area contributed by atoms with Crippen molar-refractivity contribution in [1.82, 2.24) is 0 Å². The van der Waals surface area contributed by atoms with Gasteiger partial charge in [-0.25, -0.2) is 0 Å². The number of nitriles is 1. The first-order chi connectivity index (χ1) is 7.19. The van der Waals surface area contributed by atoms with Crippen LogP contribution in [0.15, 0.2) is 24.3 Å². The van der Waals surface area contributed by atoms with Crippen LogP contribution in [0.25, 0.3) is 6.08 Å². The van der Waals surface area contributed by atoms with Crippen LogP contribution in [0.5, 0.6) is 0 Å². The molecule has 0 fully saturated rings. The molecule has 0 aliphatic rings. The molecule has 0 bridgehead atoms. The molecular weight excluding hydrogens is 196 g/mol. The first-order valence-corrected chi connectivity index (χ1v) is 4.15. The Morgan fingerprint density at radius 2 is 2.33 bits per heavy atom. The van der Waals surface area contributed by atoms with E-state index >= 15 is 0 Å². The van der Waals surface area contributed by atoms with E-state index < -0.39 is 4.92 Å². The first kappa shape index (κ1) is 10.9. The van der Waals surface area contributed by atoms with Gasteiger partial charge in [-0.15, -0.1) is 0 Å². The fourth-order valence-corrected chi connectivity index (χ4v) is 1.08. The van der Waals surface area contributed by atoms with Gasteiger partial charge in [0.1, 0.15) is 6.07 Å². The minimum absolute atomic E-state index is 0.118. The number of benzene rings is 1. The fraction of sp³-hybridized carbons (Fsp3) is 0.100. The van der Waals surface area contributed by atoms with Crippen molar-refractivity contribution in [3.8, 4) is 6.07 Å². The highest BCUT2D eigenvalue weighted by molar-refractivity contribution is 5.60. The van der Waals surface area contributed by atoms with E-state index in [2.05, 4.69) is 0 Å². The van der Waals surface area contributed by atoms with Gasteiger partial charge in [0.05, 0.1) is 17.1 Å². The summed E-state index contributed by atoms with van der Waals surface area (Å²) >= 11 is 0. The number of non-ortho nitro benzene ring substituents is 1. The molecule has 0 spiro atoms. The van der Waals surface area contributed by atoms with Crippen molar-refractivity contribution < 1.29 is 10.0 Å². The third-order valence-corrected chi connectivity index (χ3v) is 1.77. The summed E-state index contributed by atoms with van der Waals surface area (Å²) in [6.07, 6.45) is 3.00. The van der Waals surface area contributed by atoms with Crippen molar-refractivity contribution in [3.05, 3.63) is 45.5 Å². The van der Waals surface area contributed by atoms with E-state index in [9.17, 15) is 10.1 Å². The van der Waals surface area contributed by atoms with Crippen LogP contribution in [-0.2, 0) is 0 Å². The molecule has 0 aliphatic heterocycles. The largest absolute Gasteiger partial charge is 0.392 e. The molecule has 5 nitrogen and oxygen atoms in total. The summed E-state index contributed by atoms with van der Waals surface area (Å²) in [7, 11) is 0. The van der Waals surface area contributed by atoms with Gasteiger partial charge in [-0.2, -0.15) is 5.26 Å². The van der Waals surface area contributed by atoms with Gasteiger partial charge in [-0.3, -0.25) is 10.1 Å². The molecule has 76 valence electrons. The fourth-order valence-electron chi connectivity index (χ4n) is 1.08. The second-order valence-electron chi connectivity index (χ2n) is 2.73. The summed E-state index contributed by atoms with van der Waals surface area (Å²) in [5.41, 5.74) is 0.652. The Morgan fingerprint density at radius 1 is 1.60 bits per heavy atom. The molecule has 1 aromatic rings. The van der Waals surface area contributed by atoms with Crippen LogP contribution >= 0.6 is 0 Å². The number of aliphatic hydroxyl groups is 1. The maximum Gasteiger partial charge on any atom is 0.270 e. The summed E-state index contributed by atoms with van der Waals surface area (Å²) in [5, 5.41) is 27.7. The Bertz CT molecular complexity index is 446. The Balaban J connectivity index is 3.16. The maximum absolute atomic E-state index is 10.4. The summed E-state index contributed by atoms with van der Waals surface area (Å²) in [5.74, 6) is 0. The molecule has 0 aromatic heterocycles. The highest BCUT2D eigenvalue weighted by Crippen LogP contribution is 2.18. The zero-order valence-corrected chi connectivity index (χ0v) is 7.75. The van der Waals surface area contributed by atoms with E-state index in [0.717, 1.165) is 0 Å². The third kappa shape index (κ3) is 2.62. The monoisotopic (exact) mass is 204 g/mol. The highest BCUT2D eigenvalue weighted by Gasteiger charge is 2.08. The Hall–Kier alpha value is -2.19. The standard InChI is InChI=1S/C10H8N2O3/c11-7-9-6-10(12(14)15)4-3-8(9)2-1-5-13/h1-4,6,13H,5H2. The van der Waals surface area contributed by atoms with Crippen molar-refractivity contribution in [1.29, 1.82) is 5.26 Å². The molecule has 1 aromatic carbocycles. The molecule has 0 aliphatic carbocycles. The molecule has 0 heterocycles. The maximum atomic E-state index is 10.4. The number of nitro groups is 1. The number of rotatable bonds is 3. The van der Waals surface area contributed by atoms with E-state index in [0.29, 0.717) is 5.56 Å². The molecule has 15 heavy (non-hydrogen) atoms. The van der Waals surface area contributed by atoms with Crippen molar-refractivity contribution in [3.63, 3.8) is 0 Å². The average molecular weight is 204 g/mol. The second-order valence-corrected chi connectivity index (χ2v) is 2.73. The lowest BCUT2D eigenvalue weighted by Gasteiger charge is -1.97. The van der Waals surface area contributed by atoms with Crippen molar-refractivity contribution in [2.45, 2.75) is 0 Å². The second kappa shape index (κ2) is 4.88. The molecule has 1 N–H and O–H groups in total. The van der Waals surface area contributed by atoms with Crippen molar-refractivity contribution in [2.24, 2.45) is 0 Å². The van der Waals surface area contributed by atoms with Gasteiger partial charge in [0, 0.05) is 12.1 Å². The Kier molecular flexibility index (Phi) is 3.55. The lowest BCUT2D eigenvalue weighted by Crippen LogP contribution is -1.90. The smallest absolute Gasteiger partial charge is 0.270 e. The minimum Gasteiger partial charge on any atom is -0.392 e. The van der Waals surface area contributed by atoms with Crippen LogP contribution in [0, 0.1) is 21.4 Å². The topological polar surface area (TPSA) is 87.2 Å². The van der Waals surface area contributed by atoms with Crippen molar-refractivity contribution in [2.75, 3.05) is 6.61 Å². The Labute approximate surface area is 86.0 Å². The number of hydrogen-bond donors (Lipinski definition) is 1. The average Bonchev–Trinajstić information content (AvgIpc) is 2.25. The summed E-state index contributed by atoms with van der Waals surface area (Å²) in [6.45, 7) is -0.137. The van der Waals surface area contributed by atoms with Gasteiger partial charge >= 0.3 is 0 Å². The van der Waals surface area contributed by atoms with Crippen LogP contribution in [0.2, 0.25) is 0 Å². The zero-order valence-electron chi connectivity index (χ0n) is 7.75. The SMILES string of the molecule is N#Cc1cc([N+](=O)[O-])ccc1C=CCO. The van der Waals surface area contributed by atoms with Gasteiger partial charge < -0.3 is 5.11 Å². The summed E-state index contributed by atoms with van der Waals surface area (Å²) in [6, 6.07) is 5.86. The molecule has 0 amide bonds. The predicted octanol–water partition coefficient (Wildman–Crippen LogP) is 1.47. The molecule has 0 radical (unpaired) electrons. The van der Waals surface area contributed by atoms with E-state index in [4.69, 9.17) is 10.4 Å². The molecule has 5 heteroatoms. The Morgan fingerprint density at radius 3 is 2.87 bits per heavy atom. The van der Waals surface area contributed by atoms with Crippen LogP contribution in [-0.4, -0.2) is 16.6 Å². The van der Waals surface area contributed by atoms with Crippen LogP contribution in [0.3, 0.4) is 0 Å². The number of aliphatic hydroxyl groups excluding tert-OH is 1. The molecule has 0 saturated carbocycles. The van der Waals surface area contributed by atoms with Gasteiger partial charge in [0.2, 0.25) is 0 Å². The van der Waals surface area contributed by atoms with Crippen LogP contribution in [0.1, 0.15) is 11.1 Å². The van der Waals surface area contributed by atoms with Gasteiger partial charge in [0.15, 0.2) is 0 Å². The third-order valence-electron chi connectivity index (χ3n) is 1.77. The molecule has 0 unspecified atom stereocenters. The van der Waals surface area contributed by atoms with Gasteiger partial charge in [-0.1, -0.05) is 12.2 Å². The van der Waals surface area contributed by atoms with Gasteiger partial charge in [0.25, 0.3) is 5.69 Å². The number of hydrogen-bond acceptors (Lipinski definition) is 4. The molecule has 1 rings (SSSR count). The van der Waals surface area contributed by atoms with E-state index in [1.807, 2.05) is 6.07 Å². The van der Waals surface area contributed by atoms with E-state index in [1.54, 1.807) is 6.08 Å². The predicted molar refractivity (Wildman–Crippen MR) is 53.9 cm³/mol. The highest BCUT2D eigenvalue weighted by atomic mass is 16.6. The summed E-state index contributed by atoms with van der Waals surface area (Å²) < 4.78 is 0. The number of nitrogens with zero attached hydrogens (tertiary/aromatic N) is 2. The normalized spacial score (nSPS) is 10.1. The lowest BCUT2D eigenvalue weighted by molar-refractivity contribution is -0.384. The van der Waals surface area contributed by atoms with Gasteiger partial charge in [-0.05, 0) is 11.6 Å². The quantitative estimate of drug-likeness (QED) is 0.596.